The molecule has 1 aliphatic carbocycles. The Morgan fingerprint density at radius 3 is 2.47 bits per heavy atom. The van der Waals surface area contributed by atoms with Gasteiger partial charge in [0.1, 0.15) is 0 Å². The molecule has 1 aromatic rings. The van der Waals surface area contributed by atoms with Crippen LogP contribution in [0.3, 0.4) is 0 Å². The SMILES string of the molecule is O=C(O)C1(C2(c3cc(Br)cs3)COC2)CCC1. The second-order valence-corrected chi connectivity index (χ2v) is 6.77. The number of rotatable bonds is 3. The van der Waals surface area contributed by atoms with Gasteiger partial charge in [-0.2, -0.15) is 0 Å². The second kappa shape index (κ2) is 3.80. The molecule has 3 nitrogen and oxygen atoms in total. The fourth-order valence-electron chi connectivity index (χ4n) is 2.95. The lowest BCUT2D eigenvalue weighted by Gasteiger charge is -2.56. The molecule has 2 heterocycles. The molecule has 92 valence electrons. The minimum absolute atomic E-state index is 0.284. The molecule has 3 rings (SSSR count). The summed E-state index contributed by atoms with van der Waals surface area (Å²) in [6.45, 7) is 1.10. The molecule has 1 N–H and O–H groups in total. The summed E-state index contributed by atoms with van der Waals surface area (Å²) in [4.78, 5) is 12.8. The summed E-state index contributed by atoms with van der Waals surface area (Å²) in [6.07, 6.45) is 2.57. The predicted molar refractivity (Wildman–Crippen MR) is 68.4 cm³/mol. The van der Waals surface area contributed by atoms with Crippen LogP contribution < -0.4 is 0 Å². The molecule has 0 unspecified atom stereocenters. The molecule has 0 bridgehead atoms. The van der Waals surface area contributed by atoms with Gasteiger partial charge in [-0.25, -0.2) is 0 Å². The van der Waals surface area contributed by atoms with Crippen LogP contribution in [0.5, 0.6) is 0 Å². The van der Waals surface area contributed by atoms with Crippen LogP contribution in [0.4, 0.5) is 0 Å². The average molecular weight is 317 g/mol. The summed E-state index contributed by atoms with van der Waals surface area (Å²) in [5, 5.41) is 11.6. The number of carbonyl (C=O) groups is 1. The van der Waals surface area contributed by atoms with E-state index in [9.17, 15) is 9.90 Å². The number of ether oxygens (including phenoxy) is 1. The summed E-state index contributed by atoms with van der Waals surface area (Å²) < 4.78 is 6.39. The zero-order chi connectivity index (χ0) is 12.1. The zero-order valence-electron chi connectivity index (χ0n) is 9.24. The molecule has 1 saturated heterocycles. The second-order valence-electron chi connectivity index (χ2n) is 4.94. The molecule has 0 spiro atoms. The van der Waals surface area contributed by atoms with E-state index in [0.717, 1.165) is 28.6 Å². The Bertz CT molecular complexity index is 460. The molecule has 1 saturated carbocycles. The number of carboxylic acids is 1. The van der Waals surface area contributed by atoms with Crippen LogP contribution in [-0.2, 0) is 14.9 Å². The molecule has 0 atom stereocenters. The Morgan fingerprint density at radius 2 is 2.18 bits per heavy atom. The largest absolute Gasteiger partial charge is 0.481 e. The highest BCUT2D eigenvalue weighted by Gasteiger charge is 2.64. The van der Waals surface area contributed by atoms with E-state index in [-0.39, 0.29) is 5.41 Å². The monoisotopic (exact) mass is 316 g/mol. The maximum atomic E-state index is 11.7. The highest BCUT2D eigenvalue weighted by molar-refractivity contribution is 9.10. The predicted octanol–water partition coefficient (Wildman–Crippen LogP) is 3.03. The number of hydrogen-bond acceptors (Lipinski definition) is 3. The van der Waals surface area contributed by atoms with Gasteiger partial charge in [0.2, 0.25) is 0 Å². The van der Waals surface area contributed by atoms with Crippen molar-refractivity contribution < 1.29 is 14.6 Å². The summed E-state index contributed by atoms with van der Waals surface area (Å²) in [7, 11) is 0. The van der Waals surface area contributed by atoms with E-state index in [0.29, 0.717) is 13.2 Å². The van der Waals surface area contributed by atoms with Crippen molar-refractivity contribution >= 4 is 33.2 Å². The topological polar surface area (TPSA) is 46.5 Å². The molecule has 0 amide bonds. The van der Waals surface area contributed by atoms with Gasteiger partial charge in [0.15, 0.2) is 0 Å². The van der Waals surface area contributed by atoms with Crippen LogP contribution in [0.2, 0.25) is 0 Å². The van der Waals surface area contributed by atoms with Crippen molar-refractivity contribution in [3.05, 3.63) is 20.8 Å². The van der Waals surface area contributed by atoms with Gasteiger partial charge in [0.25, 0.3) is 0 Å². The van der Waals surface area contributed by atoms with Gasteiger partial charge >= 0.3 is 5.97 Å². The van der Waals surface area contributed by atoms with Crippen molar-refractivity contribution in [1.29, 1.82) is 0 Å². The third kappa shape index (κ3) is 1.39. The van der Waals surface area contributed by atoms with Gasteiger partial charge < -0.3 is 9.84 Å². The maximum Gasteiger partial charge on any atom is 0.310 e. The first kappa shape index (κ1) is 11.7. The zero-order valence-corrected chi connectivity index (χ0v) is 11.6. The molecule has 2 aliphatic rings. The lowest BCUT2D eigenvalue weighted by atomic mass is 9.51. The van der Waals surface area contributed by atoms with Gasteiger partial charge in [0.05, 0.1) is 24.0 Å². The van der Waals surface area contributed by atoms with E-state index in [2.05, 4.69) is 22.0 Å². The first-order valence-corrected chi connectivity index (χ1v) is 7.34. The summed E-state index contributed by atoms with van der Waals surface area (Å²) in [5.41, 5.74) is -0.872. The molecule has 0 radical (unpaired) electrons. The van der Waals surface area contributed by atoms with Gasteiger partial charge in [-0.3, -0.25) is 4.79 Å². The lowest BCUT2D eigenvalue weighted by molar-refractivity contribution is -0.191. The Kier molecular flexibility index (Phi) is 2.61. The Labute approximate surface area is 112 Å². The maximum absolute atomic E-state index is 11.7. The van der Waals surface area contributed by atoms with E-state index < -0.39 is 11.4 Å². The van der Waals surface area contributed by atoms with E-state index in [4.69, 9.17) is 4.74 Å². The van der Waals surface area contributed by atoms with Crippen molar-refractivity contribution in [3.8, 4) is 0 Å². The highest BCUT2D eigenvalue weighted by Crippen LogP contribution is 2.59. The number of hydrogen-bond donors (Lipinski definition) is 1. The number of carboxylic acid groups (broad SMARTS) is 1. The minimum atomic E-state index is -0.656. The molecule has 1 aliphatic heterocycles. The van der Waals surface area contributed by atoms with Crippen LogP contribution in [0.25, 0.3) is 0 Å². The van der Waals surface area contributed by atoms with Crippen molar-refractivity contribution in [1.82, 2.24) is 0 Å². The first-order chi connectivity index (χ1) is 8.11. The molecule has 1 aromatic heterocycles. The van der Waals surface area contributed by atoms with Crippen LogP contribution in [-0.4, -0.2) is 24.3 Å². The molecule has 17 heavy (non-hydrogen) atoms. The average Bonchev–Trinajstić information content (AvgIpc) is 2.54. The first-order valence-electron chi connectivity index (χ1n) is 5.66. The minimum Gasteiger partial charge on any atom is -0.481 e. The third-order valence-corrected chi connectivity index (χ3v) is 6.16. The van der Waals surface area contributed by atoms with Crippen molar-refractivity contribution in [2.45, 2.75) is 24.7 Å². The Balaban J connectivity index is 2.05. The number of aliphatic carboxylic acids is 1. The van der Waals surface area contributed by atoms with Crippen LogP contribution in [0.1, 0.15) is 24.1 Å². The van der Waals surface area contributed by atoms with E-state index in [1.807, 2.05) is 5.38 Å². The van der Waals surface area contributed by atoms with Gasteiger partial charge in [-0.15, -0.1) is 11.3 Å². The fraction of sp³-hybridized carbons (Fsp3) is 0.583. The molecular formula is C12H13BrO3S. The highest BCUT2D eigenvalue weighted by atomic mass is 79.9. The smallest absolute Gasteiger partial charge is 0.310 e. The fourth-order valence-corrected chi connectivity index (χ4v) is 4.65. The number of thiophene rings is 1. The van der Waals surface area contributed by atoms with Gasteiger partial charge in [0, 0.05) is 14.7 Å². The van der Waals surface area contributed by atoms with Gasteiger partial charge in [-0.1, -0.05) is 6.42 Å². The number of halogens is 1. The summed E-state index contributed by atoms with van der Waals surface area (Å²) in [5.74, 6) is -0.656. The Hall–Kier alpha value is -0.390. The summed E-state index contributed by atoms with van der Waals surface area (Å²) in [6, 6.07) is 2.05. The molecule has 2 fully saturated rings. The molecular weight excluding hydrogens is 304 g/mol. The summed E-state index contributed by atoms with van der Waals surface area (Å²) >= 11 is 5.08. The van der Waals surface area contributed by atoms with E-state index >= 15 is 0 Å². The van der Waals surface area contributed by atoms with Crippen LogP contribution in [0.15, 0.2) is 15.9 Å². The lowest BCUT2D eigenvalue weighted by Crippen LogP contribution is -2.64. The Morgan fingerprint density at radius 1 is 1.47 bits per heavy atom. The third-order valence-electron chi connectivity index (χ3n) is 4.27. The standard InChI is InChI=1S/C12H13BrO3S/c13-8-4-9(17-5-8)12(6-16-7-12)11(10(14)15)2-1-3-11/h4-5H,1-3,6-7H2,(H,14,15). The van der Waals surface area contributed by atoms with E-state index in [1.165, 1.54) is 0 Å². The van der Waals surface area contributed by atoms with Crippen molar-refractivity contribution in [2.75, 3.05) is 13.2 Å². The van der Waals surface area contributed by atoms with Crippen LogP contribution in [0, 0.1) is 5.41 Å². The van der Waals surface area contributed by atoms with Gasteiger partial charge in [-0.05, 0) is 34.8 Å². The molecule has 5 heteroatoms. The van der Waals surface area contributed by atoms with Crippen LogP contribution >= 0.6 is 27.3 Å². The quantitative estimate of drug-likeness (QED) is 0.932. The normalized spacial score (nSPS) is 24.8. The molecule has 0 aromatic carbocycles. The van der Waals surface area contributed by atoms with Crippen molar-refractivity contribution in [3.63, 3.8) is 0 Å². The van der Waals surface area contributed by atoms with E-state index in [1.54, 1.807) is 11.3 Å². The van der Waals surface area contributed by atoms with Crippen molar-refractivity contribution in [2.24, 2.45) is 5.41 Å².